The van der Waals surface area contributed by atoms with Gasteiger partial charge < -0.3 is 9.90 Å². The maximum absolute atomic E-state index is 10.8. The molecule has 0 heterocycles. The zero-order valence-corrected chi connectivity index (χ0v) is 10.7. The Morgan fingerprint density at radius 3 is 1.77 bits per heavy atom. The largest absolute Gasteiger partial charge is 1.00 e. The fourth-order valence-corrected chi connectivity index (χ4v) is 0.841. The SMILES string of the molecule is CC(=O)c1ccc(C(=O)[O-])cc1.[K+]. The second-order valence-corrected chi connectivity index (χ2v) is 2.42. The van der Waals surface area contributed by atoms with Crippen LogP contribution in [0.1, 0.15) is 27.6 Å². The van der Waals surface area contributed by atoms with Crippen LogP contribution >= 0.6 is 0 Å². The summed E-state index contributed by atoms with van der Waals surface area (Å²) in [6.07, 6.45) is 0. The number of Topliss-reactive ketones (excluding diaryl/α,β-unsaturated/α-hetero) is 1. The molecule has 1 rings (SSSR count). The number of benzene rings is 1. The van der Waals surface area contributed by atoms with Crippen molar-refractivity contribution in [3.63, 3.8) is 0 Å². The molecule has 0 radical (unpaired) electrons. The third kappa shape index (κ3) is 3.70. The van der Waals surface area contributed by atoms with Crippen molar-refractivity contribution in [3.8, 4) is 0 Å². The van der Waals surface area contributed by atoms with E-state index < -0.39 is 5.97 Å². The molecule has 0 aromatic heterocycles. The summed E-state index contributed by atoms with van der Waals surface area (Å²) in [7, 11) is 0. The van der Waals surface area contributed by atoms with Crippen LogP contribution in [0.5, 0.6) is 0 Å². The van der Waals surface area contributed by atoms with Gasteiger partial charge in [0, 0.05) is 5.56 Å². The summed E-state index contributed by atoms with van der Waals surface area (Å²) >= 11 is 0. The minimum Gasteiger partial charge on any atom is -0.545 e. The molecule has 1 aromatic rings. The Kier molecular flexibility index (Phi) is 5.67. The fourth-order valence-electron chi connectivity index (χ4n) is 0.841. The minimum atomic E-state index is -1.23. The van der Waals surface area contributed by atoms with Crippen molar-refractivity contribution in [2.75, 3.05) is 0 Å². The van der Waals surface area contributed by atoms with Gasteiger partial charge in [-0.1, -0.05) is 24.3 Å². The van der Waals surface area contributed by atoms with Gasteiger partial charge in [0.25, 0.3) is 0 Å². The van der Waals surface area contributed by atoms with Crippen LogP contribution in [0, 0.1) is 0 Å². The van der Waals surface area contributed by atoms with Crippen LogP contribution in [0.15, 0.2) is 24.3 Å². The van der Waals surface area contributed by atoms with Gasteiger partial charge in [0.1, 0.15) is 0 Å². The number of carbonyl (C=O) groups is 2. The number of hydrogen-bond acceptors (Lipinski definition) is 3. The first-order chi connectivity index (χ1) is 5.61. The van der Waals surface area contributed by atoms with E-state index >= 15 is 0 Å². The quantitative estimate of drug-likeness (QED) is 0.386. The van der Waals surface area contributed by atoms with E-state index in [0.717, 1.165) is 0 Å². The van der Waals surface area contributed by atoms with Crippen molar-refractivity contribution in [1.82, 2.24) is 0 Å². The summed E-state index contributed by atoms with van der Waals surface area (Å²) in [5.74, 6) is -1.31. The van der Waals surface area contributed by atoms with Crippen molar-refractivity contribution >= 4 is 11.8 Å². The van der Waals surface area contributed by atoms with Gasteiger partial charge >= 0.3 is 51.4 Å². The van der Waals surface area contributed by atoms with E-state index in [4.69, 9.17) is 0 Å². The van der Waals surface area contributed by atoms with Crippen molar-refractivity contribution in [3.05, 3.63) is 35.4 Å². The molecule has 0 bridgehead atoms. The predicted molar refractivity (Wildman–Crippen MR) is 40.8 cm³/mol. The molecule has 0 fully saturated rings. The molecule has 0 spiro atoms. The van der Waals surface area contributed by atoms with Crippen LogP contribution in [0.25, 0.3) is 0 Å². The number of carboxylic acids is 1. The van der Waals surface area contributed by atoms with Crippen LogP contribution in [0.2, 0.25) is 0 Å². The molecule has 0 amide bonds. The first-order valence-corrected chi connectivity index (χ1v) is 3.43. The zero-order chi connectivity index (χ0) is 9.14. The summed E-state index contributed by atoms with van der Waals surface area (Å²) in [6, 6.07) is 5.64. The Labute approximate surface area is 119 Å². The van der Waals surface area contributed by atoms with Crippen molar-refractivity contribution in [2.24, 2.45) is 0 Å². The Balaban J connectivity index is 0.00000144. The molecule has 1 aromatic carbocycles. The van der Waals surface area contributed by atoms with E-state index in [1.165, 1.54) is 31.2 Å². The molecule has 0 unspecified atom stereocenters. The molecular formula is C9H7KO3. The summed E-state index contributed by atoms with van der Waals surface area (Å²) in [4.78, 5) is 21.0. The third-order valence-corrected chi connectivity index (χ3v) is 1.53. The summed E-state index contributed by atoms with van der Waals surface area (Å²) in [5, 5.41) is 10.3. The summed E-state index contributed by atoms with van der Waals surface area (Å²) < 4.78 is 0. The Morgan fingerprint density at radius 1 is 1.08 bits per heavy atom. The summed E-state index contributed by atoms with van der Waals surface area (Å²) in [5.41, 5.74) is 0.583. The number of carboxylic acid groups (broad SMARTS) is 1. The van der Waals surface area contributed by atoms with Gasteiger partial charge in [-0.05, 0) is 12.5 Å². The number of aromatic carboxylic acids is 1. The Hall–Kier alpha value is -0.00364. The molecule has 0 aliphatic heterocycles. The molecular weight excluding hydrogens is 195 g/mol. The second-order valence-electron chi connectivity index (χ2n) is 2.42. The molecule has 0 saturated heterocycles. The van der Waals surface area contributed by atoms with Gasteiger partial charge in [0.2, 0.25) is 0 Å². The number of carbonyl (C=O) groups excluding carboxylic acids is 2. The van der Waals surface area contributed by atoms with Gasteiger partial charge in [-0.2, -0.15) is 0 Å². The monoisotopic (exact) mass is 202 g/mol. The zero-order valence-electron chi connectivity index (χ0n) is 7.53. The van der Waals surface area contributed by atoms with Crippen LogP contribution in [-0.4, -0.2) is 11.8 Å². The minimum absolute atomic E-state index is 0. The van der Waals surface area contributed by atoms with E-state index in [1.54, 1.807) is 0 Å². The number of hydrogen-bond donors (Lipinski definition) is 0. The average Bonchev–Trinajstić information content (AvgIpc) is 2.04. The van der Waals surface area contributed by atoms with Gasteiger partial charge in [0.15, 0.2) is 5.78 Å². The van der Waals surface area contributed by atoms with Crippen molar-refractivity contribution in [1.29, 1.82) is 0 Å². The van der Waals surface area contributed by atoms with E-state index in [2.05, 4.69) is 0 Å². The van der Waals surface area contributed by atoms with Crippen LogP contribution in [-0.2, 0) is 0 Å². The van der Waals surface area contributed by atoms with Gasteiger partial charge in [-0.3, -0.25) is 4.79 Å². The first-order valence-electron chi connectivity index (χ1n) is 3.43. The van der Waals surface area contributed by atoms with E-state index in [-0.39, 0.29) is 62.7 Å². The van der Waals surface area contributed by atoms with Gasteiger partial charge in [-0.25, -0.2) is 0 Å². The van der Waals surface area contributed by atoms with E-state index in [9.17, 15) is 14.7 Å². The van der Waals surface area contributed by atoms with Crippen LogP contribution in [0.3, 0.4) is 0 Å². The molecule has 13 heavy (non-hydrogen) atoms. The van der Waals surface area contributed by atoms with Crippen LogP contribution in [0.4, 0.5) is 0 Å². The molecule has 0 aliphatic rings. The molecule has 0 atom stereocenters. The van der Waals surface area contributed by atoms with Crippen molar-refractivity contribution in [2.45, 2.75) is 6.92 Å². The molecule has 62 valence electrons. The van der Waals surface area contributed by atoms with E-state index in [0.29, 0.717) is 5.56 Å². The molecule has 3 nitrogen and oxygen atoms in total. The van der Waals surface area contributed by atoms with E-state index in [1.807, 2.05) is 0 Å². The Morgan fingerprint density at radius 2 is 1.46 bits per heavy atom. The Bertz CT molecular complexity index is 283. The maximum Gasteiger partial charge on any atom is 1.00 e. The number of ketones is 1. The molecule has 0 saturated carbocycles. The van der Waals surface area contributed by atoms with Crippen LogP contribution < -0.4 is 56.5 Å². The molecule has 0 N–H and O–H groups in total. The summed E-state index contributed by atoms with van der Waals surface area (Å²) in [6.45, 7) is 1.42. The van der Waals surface area contributed by atoms with Gasteiger partial charge in [-0.15, -0.1) is 0 Å². The smallest absolute Gasteiger partial charge is 0.545 e. The molecule has 4 heteroatoms. The molecule has 0 aliphatic carbocycles. The standard InChI is InChI=1S/C9H8O3.K/c1-6(10)7-2-4-8(5-3-7)9(11)12;/h2-5H,1H3,(H,11,12);/q;+1/p-1. The normalized spacial score (nSPS) is 8.69. The predicted octanol–water partition coefficient (Wildman–Crippen LogP) is -2.74. The maximum atomic E-state index is 10.8. The average molecular weight is 202 g/mol. The third-order valence-electron chi connectivity index (χ3n) is 1.53. The topological polar surface area (TPSA) is 57.2 Å². The van der Waals surface area contributed by atoms with Crippen molar-refractivity contribution < 1.29 is 66.1 Å². The fraction of sp³-hybridized carbons (Fsp3) is 0.111. The number of rotatable bonds is 2. The first kappa shape index (κ1) is 13.0. The van der Waals surface area contributed by atoms with Gasteiger partial charge in [0.05, 0.1) is 5.97 Å². The second kappa shape index (κ2) is 5.67.